The number of benzene rings is 2. The fraction of sp³-hybridized carbons (Fsp3) is 0.273. The number of imidazole rings is 1. The molecule has 3 aromatic rings. The fourth-order valence-corrected chi connectivity index (χ4v) is 4.56. The number of aromatic nitrogens is 2. The van der Waals surface area contributed by atoms with Gasteiger partial charge < -0.3 is 15.2 Å². The number of para-hydroxylation sites is 2. The van der Waals surface area contributed by atoms with Crippen molar-refractivity contribution in [2.45, 2.75) is 30.3 Å². The van der Waals surface area contributed by atoms with Gasteiger partial charge in [-0.3, -0.25) is 14.9 Å². The van der Waals surface area contributed by atoms with Gasteiger partial charge in [0.2, 0.25) is 0 Å². The van der Waals surface area contributed by atoms with Crippen molar-refractivity contribution < 1.29 is 14.4 Å². The third kappa shape index (κ3) is 4.56. The van der Waals surface area contributed by atoms with E-state index in [1.807, 2.05) is 48.8 Å². The van der Waals surface area contributed by atoms with Crippen LogP contribution in [0.5, 0.6) is 0 Å². The molecule has 4 amide bonds. The van der Waals surface area contributed by atoms with Crippen LogP contribution in [0.4, 0.5) is 4.79 Å². The SMILES string of the molecule is C[C@@]1(CSc2ccccc2C(=O)NCCCn2cnc3ccccc32)NC(=O)NC1=O. The summed E-state index contributed by atoms with van der Waals surface area (Å²) in [6.45, 7) is 2.95. The van der Waals surface area contributed by atoms with Crippen LogP contribution in [0.15, 0.2) is 59.8 Å². The summed E-state index contributed by atoms with van der Waals surface area (Å²) in [6, 6.07) is 14.7. The molecule has 0 bridgehead atoms. The summed E-state index contributed by atoms with van der Waals surface area (Å²) in [4.78, 5) is 41.3. The lowest BCUT2D eigenvalue weighted by Crippen LogP contribution is -2.46. The van der Waals surface area contributed by atoms with Gasteiger partial charge in [0, 0.05) is 23.7 Å². The number of carbonyl (C=O) groups excluding carboxylic acids is 3. The minimum absolute atomic E-state index is 0.163. The zero-order chi connectivity index (χ0) is 21.8. The van der Waals surface area contributed by atoms with E-state index >= 15 is 0 Å². The van der Waals surface area contributed by atoms with Crippen molar-refractivity contribution in [1.29, 1.82) is 0 Å². The molecule has 2 aromatic carbocycles. The van der Waals surface area contributed by atoms with E-state index in [1.165, 1.54) is 11.8 Å². The van der Waals surface area contributed by atoms with Crippen LogP contribution in [-0.2, 0) is 11.3 Å². The number of nitrogens with zero attached hydrogens (tertiary/aromatic N) is 2. The third-order valence-corrected chi connectivity index (χ3v) is 6.54. The molecular weight excluding hydrogens is 414 g/mol. The summed E-state index contributed by atoms with van der Waals surface area (Å²) in [6.07, 6.45) is 2.59. The van der Waals surface area contributed by atoms with Crippen LogP contribution < -0.4 is 16.0 Å². The maximum absolute atomic E-state index is 12.7. The van der Waals surface area contributed by atoms with Crippen molar-refractivity contribution >= 4 is 40.6 Å². The lowest BCUT2D eigenvalue weighted by molar-refractivity contribution is -0.122. The van der Waals surface area contributed by atoms with Gasteiger partial charge in [0.25, 0.3) is 11.8 Å². The third-order valence-electron chi connectivity index (χ3n) is 5.15. The molecule has 1 aliphatic rings. The molecule has 31 heavy (non-hydrogen) atoms. The van der Waals surface area contributed by atoms with E-state index in [1.54, 1.807) is 13.0 Å². The zero-order valence-corrected chi connectivity index (χ0v) is 17.9. The standard InChI is InChI=1S/C22H23N5O3S/c1-22(20(29)25-21(30)26-22)13-31-18-10-5-2-7-15(18)19(28)23-11-6-12-27-14-24-16-8-3-4-9-17(16)27/h2-5,7-10,14H,6,11-13H2,1H3,(H,23,28)(H2,25,26,29,30)/t22-/m0/s1. The molecule has 3 N–H and O–H groups in total. The number of imide groups is 1. The Balaban J connectivity index is 1.32. The molecule has 8 nitrogen and oxygen atoms in total. The first-order valence-electron chi connectivity index (χ1n) is 10.00. The average Bonchev–Trinajstić information content (AvgIpc) is 3.29. The molecule has 1 aliphatic heterocycles. The maximum Gasteiger partial charge on any atom is 0.322 e. The number of rotatable bonds is 8. The van der Waals surface area contributed by atoms with E-state index in [-0.39, 0.29) is 11.8 Å². The highest BCUT2D eigenvalue weighted by molar-refractivity contribution is 7.99. The molecule has 4 rings (SSSR count). The van der Waals surface area contributed by atoms with Gasteiger partial charge in [0.05, 0.1) is 22.9 Å². The second-order valence-corrected chi connectivity index (χ2v) is 8.58. The first kappa shape index (κ1) is 20.9. The van der Waals surface area contributed by atoms with E-state index in [9.17, 15) is 14.4 Å². The monoisotopic (exact) mass is 437 g/mol. The highest BCUT2D eigenvalue weighted by Crippen LogP contribution is 2.27. The molecule has 2 heterocycles. The minimum atomic E-state index is -1.00. The maximum atomic E-state index is 12.7. The second-order valence-electron chi connectivity index (χ2n) is 7.56. The smallest absolute Gasteiger partial charge is 0.322 e. The lowest BCUT2D eigenvalue weighted by Gasteiger charge is -2.20. The van der Waals surface area contributed by atoms with Gasteiger partial charge in [0.15, 0.2) is 0 Å². The van der Waals surface area contributed by atoms with Gasteiger partial charge in [-0.15, -0.1) is 11.8 Å². The molecule has 1 atom stereocenters. The van der Waals surface area contributed by atoms with Crippen molar-refractivity contribution in [3.63, 3.8) is 0 Å². The Kier molecular flexibility index (Phi) is 5.94. The summed E-state index contributed by atoms with van der Waals surface area (Å²) in [5, 5.41) is 7.86. The second kappa shape index (κ2) is 8.81. The van der Waals surface area contributed by atoms with E-state index < -0.39 is 11.6 Å². The summed E-state index contributed by atoms with van der Waals surface area (Å²) in [7, 11) is 0. The molecule has 0 spiro atoms. The summed E-state index contributed by atoms with van der Waals surface area (Å²) in [5.74, 6) is -0.203. The number of nitrogens with one attached hydrogen (secondary N) is 3. The normalized spacial score (nSPS) is 18.1. The Morgan fingerprint density at radius 1 is 1.16 bits per heavy atom. The molecule has 0 aliphatic carbocycles. The van der Waals surface area contributed by atoms with Gasteiger partial charge in [-0.25, -0.2) is 9.78 Å². The van der Waals surface area contributed by atoms with Crippen LogP contribution in [0.3, 0.4) is 0 Å². The summed E-state index contributed by atoms with van der Waals surface area (Å²) in [5.41, 5.74) is 1.58. The van der Waals surface area contributed by atoms with Crippen LogP contribution in [0.1, 0.15) is 23.7 Å². The van der Waals surface area contributed by atoms with E-state index in [4.69, 9.17) is 0 Å². The number of amides is 4. The van der Waals surface area contributed by atoms with Crippen molar-refractivity contribution in [2.24, 2.45) is 0 Å². The van der Waals surface area contributed by atoms with Crippen molar-refractivity contribution in [3.8, 4) is 0 Å². The first-order valence-corrected chi connectivity index (χ1v) is 11.0. The van der Waals surface area contributed by atoms with Crippen LogP contribution in [0.2, 0.25) is 0 Å². The summed E-state index contributed by atoms with van der Waals surface area (Å²) >= 11 is 1.37. The number of aryl methyl sites for hydroxylation is 1. The van der Waals surface area contributed by atoms with Crippen LogP contribution >= 0.6 is 11.8 Å². The topological polar surface area (TPSA) is 105 Å². The Hall–Kier alpha value is -3.33. The van der Waals surface area contributed by atoms with Crippen LogP contribution in [-0.4, -0.2) is 45.2 Å². The average molecular weight is 438 g/mol. The largest absolute Gasteiger partial charge is 0.352 e. The predicted octanol–water partition coefficient (Wildman–Crippen LogP) is 2.55. The molecule has 0 radical (unpaired) electrons. The highest BCUT2D eigenvalue weighted by Gasteiger charge is 2.41. The Morgan fingerprint density at radius 2 is 1.94 bits per heavy atom. The lowest BCUT2D eigenvalue weighted by atomic mass is 10.1. The molecule has 9 heteroatoms. The molecule has 1 saturated heterocycles. The van der Waals surface area contributed by atoms with E-state index in [2.05, 4.69) is 25.5 Å². The minimum Gasteiger partial charge on any atom is -0.352 e. The number of hydrogen-bond donors (Lipinski definition) is 3. The summed E-state index contributed by atoms with van der Waals surface area (Å²) < 4.78 is 2.08. The molecule has 160 valence electrons. The zero-order valence-electron chi connectivity index (χ0n) is 17.1. The molecule has 1 aromatic heterocycles. The van der Waals surface area contributed by atoms with Gasteiger partial charge >= 0.3 is 6.03 Å². The van der Waals surface area contributed by atoms with Gasteiger partial charge in [-0.05, 0) is 37.6 Å². The Morgan fingerprint density at radius 3 is 2.74 bits per heavy atom. The van der Waals surface area contributed by atoms with E-state index in [0.29, 0.717) is 17.9 Å². The van der Waals surface area contributed by atoms with E-state index in [0.717, 1.165) is 28.9 Å². The van der Waals surface area contributed by atoms with Gasteiger partial charge in [-0.2, -0.15) is 0 Å². The molecule has 0 saturated carbocycles. The van der Waals surface area contributed by atoms with Gasteiger partial charge in [-0.1, -0.05) is 24.3 Å². The number of thioether (sulfide) groups is 1. The number of carbonyl (C=O) groups is 3. The first-order chi connectivity index (χ1) is 15.0. The number of hydrogen-bond acceptors (Lipinski definition) is 5. The quantitative estimate of drug-likeness (QED) is 0.285. The Bertz CT molecular complexity index is 1140. The van der Waals surface area contributed by atoms with Crippen molar-refractivity contribution in [2.75, 3.05) is 12.3 Å². The number of urea groups is 1. The predicted molar refractivity (Wildman–Crippen MR) is 119 cm³/mol. The number of fused-ring (bicyclic) bond motifs is 1. The molecule has 0 unspecified atom stereocenters. The van der Waals surface area contributed by atoms with Crippen molar-refractivity contribution in [1.82, 2.24) is 25.5 Å². The fourth-order valence-electron chi connectivity index (χ4n) is 3.42. The highest BCUT2D eigenvalue weighted by atomic mass is 32.2. The Labute approximate surface area is 183 Å². The molecular formula is C22H23N5O3S. The van der Waals surface area contributed by atoms with Crippen LogP contribution in [0, 0.1) is 0 Å². The molecule has 1 fully saturated rings. The van der Waals surface area contributed by atoms with Gasteiger partial charge in [0.1, 0.15) is 5.54 Å². The van der Waals surface area contributed by atoms with Crippen molar-refractivity contribution in [3.05, 3.63) is 60.4 Å². The van der Waals surface area contributed by atoms with Crippen LogP contribution in [0.25, 0.3) is 11.0 Å².